The molecule has 0 aliphatic carbocycles. The number of nitrogens with one attached hydrogen (secondary N) is 2. The number of nitrogens with zero attached hydrogens (tertiary/aromatic N) is 1. The van der Waals surface area contributed by atoms with Crippen molar-refractivity contribution < 1.29 is 27.5 Å². The highest BCUT2D eigenvalue weighted by molar-refractivity contribution is 9.10. The van der Waals surface area contributed by atoms with Gasteiger partial charge in [0.2, 0.25) is 0 Å². The van der Waals surface area contributed by atoms with Gasteiger partial charge in [0, 0.05) is 16.4 Å². The first kappa shape index (κ1) is 22.3. The van der Waals surface area contributed by atoms with Crippen LogP contribution in [0.3, 0.4) is 0 Å². The third-order valence-electron chi connectivity index (χ3n) is 3.96. The fourth-order valence-corrected chi connectivity index (χ4v) is 2.92. The van der Waals surface area contributed by atoms with Crippen molar-refractivity contribution in [3.63, 3.8) is 0 Å². The van der Waals surface area contributed by atoms with Crippen molar-refractivity contribution >= 4 is 45.0 Å². The molecule has 10 heteroatoms. The molecule has 160 valence electrons. The highest BCUT2D eigenvalue weighted by atomic mass is 79.9. The minimum Gasteiger partial charge on any atom is -0.452 e. The maximum Gasteiger partial charge on any atom is 0.416 e. The second kappa shape index (κ2) is 9.61. The monoisotopic (exact) mass is 493 g/mol. The van der Waals surface area contributed by atoms with Gasteiger partial charge < -0.3 is 15.4 Å². The van der Waals surface area contributed by atoms with Crippen LogP contribution in [0.2, 0.25) is 0 Å². The molecule has 0 atom stereocenters. The van der Waals surface area contributed by atoms with Crippen molar-refractivity contribution in [3.05, 3.63) is 82.5 Å². The molecule has 1 aromatic heterocycles. The molecule has 3 rings (SSSR count). The number of benzene rings is 2. The Kier molecular flexibility index (Phi) is 6.91. The van der Waals surface area contributed by atoms with E-state index in [0.717, 1.165) is 12.1 Å². The number of rotatable bonds is 6. The Balaban J connectivity index is 1.68. The van der Waals surface area contributed by atoms with Gasteiger partial charge in [-0.25, -0.2) is 9.78 Å². The molecule has 0 saturated carbocycles. The molecule has 0 aliphatic heterocycles. The summed E-state index contributed by atoms with van der Waals surface area (Å²) < 4.78 is 44.4. The van der Waals surface area contributed by atoms with Crippen molar-refractivity contribution in [1.82, 2.24) is 4.98 Å². The molecule has 0 radical (unpaired) electrons. The van der Waals surface area contributed by atoms with Crippen LogP contribution in [0.5, 0.6) is 0 Å². The maximum absolute atomic E-state index is 12.9. The number of esters is 1. The summed E-state index contributed by atoms with van der Waals surface area (Å²) in [7, 11) is 0. The maximum atomic E-state index is 12.9. The van der Waals surface area contributed by atoms with Gasteiger partial charge >= 0.3 is 12.1 Å². The lowest BCUT2D eigenvalue weighted by Crippen LogP contribution is -2.21. The summed E-state index contributed by atoms with van der Waals surface area (Å²) in [5.74, 6) is -1.42. The van der Waals surface area contributed by atoms with E-state index in [1.807, 2.05) is 0 Å². The van der Waals surface area contributed by atoms with Gasteiger partial charge in [-0.2, -0.15) is 13.2 Å². The highest BCUT2D eigenvalue weighted by Crippen LogP contribution is 2.31. The summed E-state index contributed by atoms with van der Waals surface area (Å²) >= 11 is 3.29. The van der Waals surface area contributed by atoms with Crippen molar-refractivity contribution in [3.8, 4) is 0 Å². The van der Waals surface area contributed by atoms with Crippen LogP contribution in [0.15, 0.2) is 71.3 Å². The molecular weight excluding hydrogens is 479 g/mol. The molecule has 1 heterocycles. The van der Waals surface area contributed by atoms with Crippen molar-refractivity contribution in [2.24, 2.45) is 0 Å². The van der Waals surface area contributed by atoms with Crippen LogP contribution in [0.25, 0.3) is 0 Å². The fraction of sp³-hybridized carbons (Fsp3) is 0.0952. The zero-order valence-corrected chi connectivity index (χ0v) is 17.3. The van der Waals surface area contributed by atoms with E-state index in [0.29, 0.717) is 10.2 Å². The number of carbonyl (C=O) groups is 2. The number of pyridine rings is 1. The number of amides is 1. The van der Waals surface area contributed by atoms with Crippen LogP contribution >= 0.6 is 15.9 Å². The molecule has 6 nitrogen and oxygen atoms in total. The number of alkyl halides is 3. The summed E-state index contributed by atoms with van der Waals surface area (Å²) in [5.41, 5.74) is -0.277. The normalized spacial score (nSPS) is 11.0. The molecule has 0 unspecified atom stereocenters. The van der Waals surface area contributed by atoms with E-state index in [1.165, 1.54) is 30.5 Å². The second-order valence-corrected chi connectivity index (χ2v) is 7.06. The minimum absolute atomic E-state index is 0.00182. The molecule has 0 aliphatic rings. The predicted molar refractivity (Wildman–Crippen MR) is 112 cm³/mol. The summed E-state index contributed by atoms with van der Waals surface area (Å²) in [6.45, 7) is -0.557. The molecular formula is C21H15BrF3N3O3. The summed E-state index contributed by atoms with van der Waals surface area (Å²) in [6, 6.07) is 14.2. The Morgan fingerprint density at radius 1 is 1.03 bits per heavy atom. The van der Waals surface area contributed by atoms with Gasteiger partial charge in [-0.05, 0) is 58.4 Å². The molecule has 0 bridgehead atoms. The standard InChI is InChI=1S/C21H15BrF3N3O3/c22-16-8-1-2-9-17(16)28-18(29)12-31-20(30)15-7-4-10-26-19(15)27-14-6-3-5-13(11-14)21(23,24)25/h1-11H,12H2,(H,26,27)(H,28,29). The van der Waals surface area contributed by atoms with E-state index in [-0.39, 0.29) is 17.1 Å². The van der Waals surface area contributed by atoms with Crippen molar-refractivity contribution in [1.29, 1.82) is 0 Å². The average molecular weight is 494 g/mol. The number of halogens is 4. The van der Waals surface area contributed by atoms with Crippen molar-refractivity contribution in [2.75, 3.05) is 17.2 Å². The Hall–Kier alpha value is -3.40. The van der Waals surface area contributed by atoms with E-state index in [1.54, 1.807) is 24.3 Å². The largest absolute Gasteiger partial charge is 0.452 e. The average Bonchev–Trinajstić information content (AvgIpc) is 2.74. The van der Waals surface area contributed by atoms with Crippen LogP contribution < -0.4 is 10.6 Å². The van der Waals surface area contributed by atoms with Gasteiger partial charge in [0.25, 0.3) is 5.91 Å². The molecule has 3 aromatic rings. The van der Waals surface area contributed by atoms with Gasteiger partial charge in [-0.1, -0.05) is 18.2 Å². The highest BCUT2D eigenvalue weighted by Gasteiger charge is 2.30. The number of aromatic nitrogens is 1. The van der Waals surface area contributed by atoms with Crippen LogP contribution in [-0.2, 0) is 15.7 Å². The number of carbonyl (C=O) groups excluding carboxylic acids is 2. The van der Waals surface area contributed by atoms with E-state index in [2.05, 4.69) is 31.5 Å². The van der Waals surface area contributed by atoms with E-state index in [9.17, 15) is 22.8 Å². The molecule has 0 fully saturated rings. The lowest BCUT2D eigenvalue weighted by molar-refractivity contribution is -0.137. The van der Waals surface area contributed by atoms with Crippen molar-refractivity contribution in [2.45, 2.75) is 6.18 Å². The van der Waals surface area contributed by atoms with Gasteiger partial charge in [0.1, 0.15) is 11.4 Å². The lowest BCUT2D eigenvalue weighted by atomic mass is 10.2. The topological polar surface area (TPSA) is 80.3 Å². The summed E-state index contributed by atoms with van der Waals surface area (Å²) in [6.07, 6.45) is -3.14. The number of hydrogen-bond donors (Lipinski definition) is 2. The second-order valence-electron chi connectivity index (χ2n) is 6.21. The Morgan fingerprint density at radius 2 is 1.81 bits per heavy atom. The first-order chi connectivity index (χ1) is 14.7. The quantitative estimate of drug-likeness (QED) is 0.449. The molecule has 2 aromatic carbocycles. The zero-order chi connectivity index (χ0) is 22.4. The number of para-hydroxylation sites is 1. The van der Waals surface area contributed by atoms with Gasteiger partial charge in [-0.15, -0.1) is 0 Å². The summed E-state index contributed by atoms with van der Waals surface area (Å²) in [5, 5.41) is 5.27. The van der Waals surface area contributed by atoms with Gasteiger partial charge in [-0.3, -0.25) is 4.79 Å². The lowest BCUT2D eigenvalue weighted by Gasteiger charge is -2.13. The Bertz CT molecular complexity index is 1110. The Morgan fingerprint density at radius 3 is 2.55 bits per heavy atom. The predicted octanol–water partition coefficient (Wildman–Crippen LogP) is 5.40. The van der Waals surface area contributed by atoms with Gasteiger partial charge in [0.15, 0.2) is 6.61 Å². The Labute approximate surface area is 183 Å². The molecule has 31 heavy (non-hydrogen) atoms. The van der Waals surface area contributed by atoms with Gasteiger partial charge in [0.05, 0.1) is 11.3 Å². The summed E-state index contributed by atoms with van der Waals surface area (Å²) in [4.78, 5) is 28.5. The fourth-order valence-electron chi connectivity index (χ4n) is 2.54. The minimum atomic E-state index is -4.51. The molecule has 0 spiro atoms. The number of hydrogen-bond acceptors (Lipinski definition) is 5. The smallest absolute Gasteiger partial charge is 0.416 e. The van der Waals surface area contributed by atoms with Crippen LogP contribution in [0, 0.1) is 0 Å². The molecule has 2 N–H and O–H groups in total. The SMILES string of the molecule is O=C(COC(=O)c1cccnc1Nc1cccc(C(F)(F)F)c1)Nc1ccccc1Br. The molecule has 1 amide bonds. The molecule has 0 saturated heterocycles. The van der Waals surface area contributed by atoms with E-state index < -0.39 is 30.2 Å². The zero-order valence-electron chi connectivity index (χ0n) is 15.7. The van der Waals surface area contributed by atoms with E-state index in [4.69, 9.17) is 4.74 Å². The first-order valence-electron chi connectivity index (χ1n) is 8.85. The first-order valence-corrected chi connectivity index (χ1v) is 9.64. The van der Waals surface area contributed by atoms with Crippen LogP contribution in [0.4, 0.5) is 30.4 Å². The number of anilines is 3. The van der Waals surface area contributed by atoms with E-state index >= 15 is 0 Å². The number of ether oxygens (including phenoxy) is 1. The third-order valence-corrected chi connectivity index (χ3v) is 4.65. The van der Waals surface area contributed by atoms with Crippen LogP contribution in [-0.4, -0.2) is 23.5 Å². The third kappa shape index (κ3) is 6.05. The van der Waals surface area contributed by atoms with Crippen LogP contribution in [0.1, 0.15) is 15.9 Å².